The van der Waals surface area contributed by atoms with Gasteiger partial charge in [0.15, 0.2) is 0 Å². The molecule has 1 amide bonds. The molecule has 1 aromatic heterocycles. The molecule has 2 aromatic rings. The molecule has 0 spiro atoms. The van der Waals surface area contributed by atoms with Crippen molar-refractivity contribution in [3.8, 4) is 0 Å². The van der Waals surface area contributed by atoms with E-state index in [-0.39, 0.29) is 5.91 Å². The minimum Gasteiger partial charge on any atom is -0.324 e. The molecular formula is C20H26N4O. The van der Waals surface area contributed by atoms with Crippen molar-refractivity contribution >= 4 is 23.1 Å². The van der Waals surface area contributed by atoms with Crippen LogP contribution in [0, 0.1) is 13.8 Å². The molecule has 0 fully saturated rings. The third kappa shape index (κ3) is 3.24. The van der Waals surface area contributed by atoms with Crippen molar-refractivity contribution < 1.29 is 4.79 Å². The van der Waals surface area contributed by atoms with Gasteiger partial charge < -0.3 is 15.1 Å². The third-order valence-electron chi connectivity index (χ3n) is 4.62. The highest BCUT2D eigenvalue weighted by molar-refractivity contribution is 6.13. The molecule has 0 unspecified atom stereocenters. The van der Waals surface area contributed by atoms with Crippen molar-refractivity contribution in [1.29, 1.82) is 0 Å². The number of para-hydroxylation sites is 2. The van der Waals surface area contributed by atoms with Gasteiger partial charge in [0, 0.05) is 19.3 Å². The van der Waals surface area contributed by atoms with Crippen LogP contribution in [-0.4, -0.2) is 37.6 Å². The monoisotopic (exact) mass is 338 g/mol. The Bertz CT molecular complexity index is 787. The van der Waals surface area contributed by atoms with E-state index in [1.54, 1.807) is 4.90 Å². The van der Waals surface area contributed by atoms with Crippen LogP contribution in [0.25, 0.3) is 0 Å². The minimum atomic E-state index is 0.00151. The summed E-state index contributed by atoms with van der Waals surface area (Å²) in [5.74, 6) is 0.775. The van der Waals surface area contributed by atoms with Gasteiger partial charge in [-0.3, -0.25) is 4.79 Å². The topological polar surface area (TPSA) is 48.5 Å². The summed E-state index contributed by atoms with van der Waals surface area (Å²) in [5, 5.41) is 3.37. The Morgan fingerprint density at radius 2 is 1.88 bits per heavy atom. The molecule has 0 bridgehead atoms. The summed E-state index contributed by atoms with van der Waals surface area (Å²) in [6, 6.07) is 10.0. The number of anilines is 3. The Kier molecular flexibility index (Phi) is 5.04. The highest BCUT2D eigenvalue weighted by Crippen LogP contribution is 2.40. The lowest BCUT2D eigenvalue weighted by Crippen LogP contribution is -2.26. The fraction of sp³-hybridized carbons (Fsp3) is 0.400. The highest BCUT2D eigenvalue weighted by Gasteiger charge is 2.31. The average Bonchev–Trinajstić information content (AvgIpc) is 2.68. The third-order valence-corrected chi connectivity index (χ3v) is 4.62. The van der Waals surface area contributed by atoms with Crippen LogP contribution in [0.5, 0.6) is 0 Å². The van der Waals surface area contributed by atoms with Crippen molar-refractivity contribution in [1.82, 2.24) is 10.3 Å². The van der Waals surface area contributed by atoms with Gasteiger partial charge in [-0.1, -0.05) is 19.1 Å². The van der Waals surface area contributed by atoms with Crippen LogP contribution in [0.1, 0.15) is 35.0 Å². The quantitative estimate of drug-likeness (QED) is 0.849. The molecule has 1 aliphatic rings. The van der Waals surface area contributed by atoms with Crippen molar-refractivity contribution in [2.75, 3.05) is 36.5 Å². The smallest absolute Gasteiger partial charge is 0.262 e. The van der Waals surface area contributed by atoms with Crippen LogP contribution in [0.2, 0.25) is 0 Å². The number of aryl methyl sites for hydroxylation is 2. The zero-order valence-corrected chi connectivity index (χ0v) is 15.5. The van der Waals surface area contributed by atoms with E-state index in [2.05, 4.69) is 23.2 Å². The van der Waals surface area contributed by atoms with E-state index in [0.717, 1.165) is 54.5 Å². The summed E-state index contributed by atoms with van der Waals surface area (Å²) in [6.07, 6.45) is 0.980. The Morgan fingerprint density at radius 1 is 1.16 bits per heavy atom. The highest BCUT2D eigenvalue weighted by atomic mass is 16.2. The lowest BCUT2D eigenvalue weighted by molar-refractivity contribution is 0.0993. The number of carbonyl (C=O) groups is 1. The normalized spacial score (nSPS) is 13.5. The zero-order valence-electron chi connectivity index (χ0n) is 15.5. The van der Waals surface area contributed by atoms with E-state index in [1.165, 1.54) is 0 Å². The minimum absolute atomic E-state index is 0.00151. The summed E-state index contributed by atoms with van der Waals surface area (Å²) in [5.41, 5.74) is 4.57. The van der Waals surface area contributed by atoms with Crippen LogP contribution in [0.15, 0.2) is 30.3 Å². The fourth-order valence-electron chi connectivity index (χ4n) is 3.41. The zero-order chi connectivity index (χ0) is 18.0. The molecule has 132 valence electrons. The number of carbonyl (C=O) groups excluding carboxylic acids is 1. The van der Waals surface area contributed by atoms with E-state index < -0.39 is 0 Å². The van der Waals surface area contributed by atoms with E-state index in [0.29, 0.717) is 5.56 Å². The first kappa shape index (κ1) is 17.4. The molecule has 5 nitrogen and oxygen atoms in total. The fourth-order valence-corrected chi connectivity index (χ4v) is 3.41. The van der Waals surface area contributed by atoms with Crippen molar-refractivity contribution in [2.45, 2.75) is 27.2 Å². The number of hydrogen-bond donors (Lipinski definition) is 1. The Hall–Kier alpha value is -2.40. The predicted molar refractivity (Wildman–Crippen MR) is 103 cm³/mol. The van der Waals surface area contributed by atoms with Gasteiger partial charge in [0.05, 0.1) is 16.9 Å². The van der Waals surface area contributed by atoms with Crippen LogP contribution in [0.4, 0.5) is 17.2 Å². The van der Waals surface area contributed by atoms with Gasteiger partial charge in [0.1, 0.15) is 5.82 Å². The first-order valence-corrected chi connectivity index (χ1v) is 8.88. The summed E-state index contributed by atoms with van der Waals surface area (Å²) in [7, 11) is 1.84. The van der Waals surface area contributed by atoms with Gasteiger partial charge >= 0.3 is 0 Å². The Labute approximate surface area is 149 Å². The molecular weight excluding hydrogens is 312 g/mol. The average molecular weight is 338 g/mol. The molecule has 0 atom stereocenters. The Morgan fingerprint density at radius 3 is 2.60 bits per heavy atom. The molecule has 3 rings (SSSR count). The number of rotatable bonds is 5. The summed E-state index contributed by atoms with van der Waals surface area (Å²) < 4.78 is 0. The molecule has 5 heteroatoms. The van der Waals surface area contributed by atoms with Crippen LogP contribution < -0.4 is 15.1 Å². The number of fused-ring (bicyclic) bond motifs is 2. The van der Waals surface area contributed by atoms with E-state index in [4.69, 9.17) is 4.98 Å². The van der Waals surface area contributed by atoms with E-state index in [9.17, 15) is 4.79 Å². The Balaban J connectivity index is 2.13. The molecule has 1 aliphatic heterocycles. The van der Waals surface area contributed by atoms with Crippen LogP contribution in [-0.2, 0) is 0 Å². The number of amides is 1. The summed E-state index contributed by atoms with van der Waals surface area (Å²) >= 11 is 0. The van der Waals surface area contributed by atoms with Crippen LogP contribution in [0.3, 0.4) is 0 Å². The first-order valence-electron chi connectivity index (χ1n) is 8.88. The molecule has 0 aliphatic carbocycles. The number of hydrogen-bond acceptors (Lipinski definition) is 4. The van der Waals surface area contributed by atoms with Gasteiger partial charge in [0.2, 0.25) is 0 Å². The number of aromatic nitrogens is 1. The second kappa shape index (κ2) is 7.23. The van der Waals surface area contributed by atoms with Crippen molar-refractivity contribution in [2.24, 2.45) is 0 Å². The molecule has 0 saturated heterocycles. The lowest BCUT2D eigenvalue weighted by atomic mass is 10.1. The summed E-state index contributed by atoms with van der Waals surface area (Å²) in [6.45, 7) is 8.80. The van der Waals surface area contributed by atoms with Crippen molar-refractivity contribution in [3.63, 3.8) is 0 Å². The predicted octanol–water partition coefficient (Wildman–Crippen LogP) is 3.43. The van der Waals surface area contributed by atoms with Gasteiger partial charge in [-0.15, -0.1) is 0 Å². The molecule has 0 saturated carbocycles. The molecule has 1 N–H and O–H groups in total. The maximum atomic E-state index is 13.1. The van der Waals surface area contributed by atoms with E-state index in [1.807, 2.05) is 45.2 Å². The van der Waals surface area contributed by atoms with Gasteiger partial charge in [-0.25, -0.2) is 4.98 Å². The maximum absolute atomic E-state index is 13.1. The number of pyridine rings is 1. The second-order valence-corrected chi connectivity index (χ2v) is 6.49. The lowest BCUT2D eigenvalue weighted by Gasteiger charge is -2.26. The number of nitrogens with one attached hydrogen (secondary N) is 1. The molecule has 2 heterocycles. The summed E-state index contributed by atoms with van der Waals surface area (Å²) in [4.78, 5) is 21.8. The molecule has 0 radical (unpaired) electrons. The first-order chi connectivity index (χ1) is 12.0. The SMILES string of the molecule is CCNCCCN1c2ccccc2N(C)C(=O)c2c(C)cc(C)nc21. The van der Waals surface area contributed by atoms with E-state index >= 15 is 0 Å². The standard InChI is InChI=1S/C20H26N4O/c1-5-21-11-8-12-24-17-10-7-6-9-16(17)23(4)20(25)18-14(2)13-15(3)22-19(18)24/h6-7,9-10,13,21H,5,8,11-12H2,1-4H3. The second-order valence-electron chi connectivity index (χ2n) is 6.49. The molecule has 1 aromatic carbocycles. The molecule has 25 heavy (non-hydrogen) atoms. The van der Waals surface area contributed by atoms with Gasteiger partial charge in [-0.2, -0.15) is 0 Å². The van der Waals surface area contributed by atoms with Crippen molar-refractivity contribution in [3.05, 3.63) is 47.2 Å². The number of nitrogens with zero attached hydrogens (tertiary/aromatic N) is 3. The van der Waals surface area contributed by atoms with Crippen LogP contribution >= 0.6 is 0 Å². The largest absolute Gasteiger partial charge is 0.324 e. The van der Waals surface area contributed by atoms with Gasteiger partial charge in [-0.05, 0) is 57.1 Å². The van der Waals surface area contributed by atoms with Gasteiger partial charge in [0.25, 0.3) is 5.91 Å². The maximum Gasteiger partial charge on any atom is 0.262 e. The number of benzene rings is 1.